The Morgan fingerprint density at radius 3 is 2.54 bits per heavy atom. The molecule has 6 nitrogen and oxygen atoms in total. The molecule has 1 fully saturated rings. The first-order valence-electron chi connectivity index (χ1n) is 8.30. The molecule has 2 aromatic rings. The molecule has 0 radical (unpaired) electrons. The molecule has 6 heteroatoms. The second kappa shape index (κ2) is 7.29. The Bertz CT molecular complexity index is 703. The molecule has 1 aliphatic heterocycles. The fourth-order valence-electron chi connectivity index (χ4n) is 3.17. The highest BCUT2D eigenvalue weighted by atomic mass is 16.2. The van der Waals surface area contributed by atoms with Crippen molar-refractivity contribution in [3.05, 3.63) is 53.3 Å². The van der Waals surface area contributed by atoms with Gasteiger partial charge in [0.2, 0.25) is 5.91 Å². The summed E-state index contributed by atoms with van der Waals surface area (Å²) in [5, 5.41) is 6.82. The minimum absolute atomic E-state index is 0.208. The van der Waals surface area contributed by atoms with E-state index in [2.05, 4.69) is 10.2 Å². The summed E-state index contributed by atoms with van der Waals surface area (Å²) in [6.07, 6.45) is 3.07. The van der Waals surface area contributed by atoms with Crippen LogP contribution in [-0.2, 0) is 11.2 Å². The van der Waals surface area contributed by atoms with Crippen molar-refractivity contribution in [3.63, 3.8) is 0 Å². The number of nitrogens with one attached hydrogen (secondary N) is 1. The normalized spacial score (nSPS) is 15.4. The lowest BCUT2D eigenvalue weighted by molar-refractivity contribution is -0.132. The van der Waals surface area contributed by atoms with Crippen LogP contribution in [0.5, 0.6) is 0 Å². The van der Waals surface area contributed by atoms with E-state index >= 15 is 0 Å². The van der Waals surface area contributed by atoms with Gasteiger partial charge in [-0.3, -0.25) is 14.7 Å². The summed E-state index contributed by atoms with van der Waals surface area (Å²) >= 11 is 0. The first-order chi connectivity index (χ1) is 11.6. The van der Waals surface area contributed by atoms with Gasteiger partial charge in [-0.15, -0.1) is 0 Å². The number of nitrogens with zero attached hydrogens (tertiary/aromatic N) is 2. The zero-order chi connectivity index (χ0) is 16.9. The highest BCUT2D eigenvalue weighted by Crippen LogP contribution is 2.27. The molecule has 0 unspecified atom stereocenters. The number of aryl methyl sites for hydroxylation is 1. The van der Waals surface area contributed by atoms with Crippen LogP contribution in [0.3, 0.4) is 0 Å². The lowest BCUT2D eigenvalue weighted by Crippen LogP contribution is -2.38. The SMILES string of the molecule is NC(=O)c1cc(C2CCN(C(=O)CCc3ccccc3)CC2)[nH]n1. The van der Waals surface area contributed by atoms with Gasteiger partial charge in [0.1, 0.15) is 5.69 Å². The molecule has 2 heterocycles. The molecule has 1 aromatic heterocycles. The number of rotatable bonds is 5. The second-order valence-electron chi connectivity index (χ2n) is 6.21. The fourth-order valence-corrected chi connectivity index (χ4v) is 3.17. The number of likely N-dealkylation sites (tertiary alicyclic amines) is 1. The number of aromatic nitrogens is 2. The number of primary amides is 1. The maximum absolute atomic E-state index is 12.4. The number of H-pyrrole nitrogens is 1. The van der Waals surface area contributed by atoms with Crippen molar-refractivity contribution in [2.75, 3.05) is 13.1 Å². The minimum atomic E-state index is -0.522. The van der Waals surface area contributed by atoms with Gasteiger partial charge in [-0.25, -0.2) is 0 Å². The van der Waals surface area contributed by atoms with Gasteiger partial charge in [-0.1, -0.05) is 30.3 Å². The molecule has 0 atom stereocenters. The van der Waals surface area contributed by atoms with Crippen LogP contribution in [0.25, 0.3) is 0 Å². The van der Waals surface area contributed by atoms with E-state index in [1.54, 1.807) is 6.07 Å². The zero-order valence-electron chi connectivity index (χ0n) is 13.6. The summed E-state index contributed by atoms with van der Waals surface area (Å²) in [6, 6.07) is 11.8. The number of nitrogens with two attached hydrogens (primary N) is 1. The van der Waals surface area contributed by atoms with Crippen molar-refractivity contribution >= 4 is 11.8 Å². The van der Waals surface area contributed by atoms with E-state index in [4.69, 9.17) is 5.73 Å². The van der Waals surface area contributed by atoms with Crippen LogP contribution in [0.2, 0.25) is 0 Å². The lowest BCUT2D eigenvalue weighted by Gasteiger charge is -2.31. The Morgan fingerprint density at radius 1 is 1.21 bits per heavy atom. The van der Waals surface area contributed by atoms with Gasteiger partial charge in [0.15, 0.2) is 0 Å². The molecule has 1 aromatic carbocycles. The summed E-state index contributed by atoms with van der Waals surface area (Å²) in [4.78, 5) is 25.4. The zero-order valence-corrected chi connectivity index (χ0v) is 13.6. The molecule has 0 bridgehead atoms. The first kappa shape index (κ1) is 16.2. The number of carbonyl (C=O) groups is 2. The van der Waals surface area contributed by atoms with Crippen LogP contribution >= 0.6 is 0 Å². The number of benzene rings is 1. The van der Waals surface area contributed by atoms with Crippen LogP contribution in [0, 0.1) is 0 Å². The maximum atomic E-state index is 12.4. The Balaban J connectivity index is 1.49. The topological polar surface area (TPSA) is 92.1 Å². The van der Waals surface area contributed by atoms with Gasteiger partial charge in [0.05, 0.1) is 0 Å². The van der Waals surface area contributed by atoms with Crippen molar-refractivity contribution in [2.24, 2.45) is 5.73 Å². The number of amides is 2. The molecule has 0 saturated carbocycles. The molecule has 0 aliphatic carbocycles. The Labute approximate surface area is 141 Å². The van der Waals surface area contributed by atoms with E-state index in [0.717, 1.165) is 38.0 Å². The molecule has 2 amide bonds. The van der Waals surface area contributed by atoms with E-state index in [-0.39, 0.29) is 11.6 Å². The maximum Gasteiger partial charge on any atom is 0.269 e. The molecule has 0 spiro atoms. The number of hydrogen-bond acceptors (Lipinski definition) is 3. The van der Waals surface area contributed by atoms with E-state index < -0.39 is 5.91 Å². The Morgan fingerprint density at radius 2 is 1.92 bits per heavy atom. The average Bonchev–Trinajstić information content (AvgIpc) is 3.11. The van der Waals surface area contributed by atoms with Gasteiger partial charge >= 0.3 is 0 Å². The predicted molar refractivity (Wildman–Crippen MR) is 90.4 cm³/mol. The summed E-state index contributed by atoms with van der Waals surface area (Å²) in [7, 11) is 0. The largest absolute Gasteiger partial charge is 0.364 e. The van der Waals surface area contributed by atoms with Crippen LogP contribution in [0.4, 0.5) is 0 Å². The third kappa shape index (κ3) is 3.82. The highest BCUT2D eigenvalue weighted by molar-refractivity contribution is 5.90. The monoisotopic (exact) mass is 326 g/mol. The number of piperidine rings is 1. The predicted octanol–water partition coefficient (Wildman–Crippen LogP) is 1.85. The molecule has 1 saturated heterocycles. The van der Waals surface area contributed by atoms with Crippen LogP contribution < -0.4 is 5.73 Å². The van der Waals surface area contributed by atoms with Gasteiger partial charge in [-0.2, -0.15) is 5.10 Å². The second-order valence-corrected chi connectivity index (χ2v) is 6.21. The van der Waals surface area contributed by atoms with Gasteiger partial charge in [-0.05, 0) is 30.9 Å². The molecule has 1 aliphatic rings. The summed E-state index contributed by atoms with van der Waals surface area (Å²) < 4.78 is 0. The molecule has 3 N–H and O–H groups in total. The Kier molecular flexibility index (Phi) is 4.93. The van der Waals surface area contributed by atoms with E-state index in [0.29, 0.717) is 12.3 Å². The van der Waals surface area contributed by atoms with Crippen molar-refractivity contribution in [3.8, 4) is 0 Å². The average molecular weight is 326 g/mol. The molecular formula is C18H22N4O2. The fraction of sp³-hybridized carbons (Fsp3) is 0.389. The van der Waals surface area contributed by atoms with Gasteiger partial charge in [0.25, 0.3) is 5.91 Å². The van der Waals surface area contributed by atoms with Gasteiger partial charge < -0.3 is 10.6 Å². The summed E-state index contributed by atoms with van der Waals surface area (Å²) in [5.41, 5.74) is 7.62. The number of carbonyl (C=O) groups excluding carboxylic acids is 2. The molecule has 3 rings (SSSR count). The van der Waals surface area contributed by atoms with Crippen molar-refractivity contribution in [1.82, 2.24) is 15.1 Å². The smallest absolute Gasteiger partial charge is 0.269 e. The van der Waals surface area contributed by atoms with Crippen molar-refractivity contribution in [2.45, 2.75) is 31.6 Å². The first-order valence-corrected chi connectivity index (χ1v) is 8.30. The van der Waals surface area contributed by atoms with E-state index in [9.17, 15) is 9.59 Å². The molecule has 126 valence electrons. The molecule has 24 heavy (non-hydrogen) atoms. The summed E-state index contributed by atoms with van der Waals surface area (Å²) in [5.74, 6) is -0.0189. The number of aromatic amines is 1. The van der Waals surface area contributed by atoms with Crippen molar-refractivity contribution in [1.29, 1.82) is 0 Å². The van der Waals surface area contributed by atoms with Crippen LogP contribution in [0.1, 0.15) is 46.9 Å². The lowest BCUT2D eigenvalue weighted by atomic mass is 9.93. The highest BCUT2D eigenvalue weighted by Gasteiger charge is 2.25. The third-order valence-corrected chi connectivity index (χ3v) is 4.61. The third-order valence-electron chi connectivity index (χ3n) is 4.61. The quantitative estimate of drug-likeness (QED) is 0.878. The molecular weight excluding hydrogens is 304 g/mol. The van der Waals surface area contributed by atoms with Gasteiger partial charge in [0, 0.05) is 31.1 Å². The Hall–Kier alpha value is -2.63. The van der Waals surface area contributed by atoms with Crippen LogP contribution in [0.15, 0.2) is 36.4 Å². The minimum Gasteiger partial charge on any atom is -0.364 e. The van der Waals surface area contributed by atoms with Crippen molar-refractivity contribution < 1.29 is 9.59 Å². The summed E-state index contributed by atoms with van der Waals surface area (Å²) in [6.45, 7) is 1.48. The van der Waals surface area contributed by atoms with Crippen LogP contribution in [-0.4, -0.2) is 40.0 Å². The van der Waals surface area contributed by atoms with E-state index in [1.807, 2.05) is 35.2 Å². The van der Waals surface area contributed by atoms with E-state index in [1.165, 1.54) is 5.56 Å². The standard InChI is InChI=1S/C18H22N4O2/c19-18(24)16-12-15(20-21-16)14-8-10-22(11-9-14)17(23)7-6-13-4-2-1-3-5-13/h1-5,12,14H,6-11H2,(H2,19,24)(H,20,21). The number of hydrogen-bond donors (Lipinski definition) is 2.